The third-order valence-electron chi connectivity index (χ3n) is 4.67. The van der Waals surface area contributed by atoms with Crippen LogP contribution in [0.15, 0.2) is 29.5 Å². The fourth-order valence-corrected chi connectivity index (χ4v) is 2.77. The van der Waals surface area contributed by atoms with Gasteiger partial charge in [-0.3, -0.25) is 4.98 Å². The van der Waals surface area contributed by atoms with Gasteiger partial charge in [-0.15, -0.1) is 0 Å². The summed E-state index contributed by atoms with van der Waals surface area (Å²) in [7, 11) is 0. The summed E-state index contributed by atoms with van der Waals surface area (Å²) in [5.41, 5.74) is 1.99. The van der Waals surface area contributed by atoms with E-state index < -0.39 is 0 Å². The lowest BCUT2D eigenvalue weighted by Gasteiger charge is -2.13. The Bertz CT molecular complexity index is 749. The Labute approximate surface area is 141 Å². The predicted molar refractivity (Wildman–Crippen MR) is 94.4 cm³/mol. The van der Waals surface area contributed by atoms with Gasteiger partial charge in [0.1, 0.15) is 0 Å². The molecule has 0 spiro atoms. The molecule has 2 aromatic heterocycles. The van der Waals surface area contributed by atoms with E-state index in [2.05, 4.69) is 44.1 Å². The summed E-state index contributed by atoms with van der Waals surface area (Å²) in [5, 5.41) is 3.42. The maximum absolute atomic E-state index is 4.63. The van der Waals surface area contributed by atoms with Crippen molar-refractivity contribution in [3.63, 3.8) is 0 Å². The summed E-state index contributed by atoms with van der Waals surface area (Å²) in [6.45, 7) is 4.24. The van der Waals surface area contributed by atoms with E-state index in [1.807, 2.05) is 12.1 Å². The van der Waals surface area contributed by atoms with Crippen molar-refractivity contribution in [1.29, 1.82) is 0 Å². The van der Waals surface area contributed by atoms with Crippen LogP contribution in [0.25, 0.3) is 11.4 Å². The smallest absolute Gasteiger partial charge is 0.254 e. The fourth-order valence-electron chi connectivity index (χ4n) is 2.77. The van der Waals surface area contributed by atoms with Gasteiger partial charge in [0.05, 0.1) is 0 Å². The molecule has 0 bridgehead atoms. The van der Waals surface area contributed by atoms with Crippen LogP contribution in [-0.2, 0) is 0 Å². The van der Waals surface area contributed by atoms with E-state index in [1.165, 1.54) is 25.7 Å². The van der Waals surface area contributed by atoms with Crippen molar-refractivity contribution in [1.82, 2.24) is 19.9 Å². The number of hydrogen-bond acceptors (Lipinski definition) is 6. The highest BCUT2D eigenvalue weighted by molar-refractivity contribution is 5.88. The molecule has 2 aliphatic carbocycles. The molecule has 2 saturated carbocycles. The summed E-state index contributed by atoms with van der Waals surface area (Å²) in [5.74, 6) is 3.03. The Kier molecular flexibility index (Phi) is 3.96. The zero-order valence-corrected chi connectivity index (χ0v) is 14.1. The first-order valence-corrected chi connectivity index (χ1v) is 8.67. The fraction of sp³-hybridized carbons (Fsp3) is 0.500. The Morgan fingerprint density at radius 3 is 2.71 bits per heavy atom. The van der Waals surface area contributed by atoms with Crippen LogP contribution in [0.4, 0.5) is 11.9 Å². The largest absolute Gasteiger partial charge is 0.351 e. The molecule has 2 aliphatic rings. The zero-order valence-electron chi connectivity index (χ0n) is 14.1. The van der Waals surface area contributed by atoms with Gasteiger partial charge < -0.3 is 5.32 Å². The number of aromatic nitrogens is 4. The minimum Gasteiger partial charge on any atom is -0.351 e. The van der Waals surface area contributed by atoms with Gasteiger partial charge in [-0.25, -0.2) is 4.99 Å². The van der Waals surface area contributed by atoms with E-state index in [0.29, 0.717) is 29.7 Å². The molecule has 0 unspecified atom stereocenters. The highest BCUT2D eigenvalue weighted by Crippen LogP contribution is 2.34. The Hall–Kier alpha value is -2.37. The van der Waals surface area contributed by atoms with Crippen LogP contribution in [0.5, 0.6) is 0 Å². The molecule has 1 N–H and O–H groups in total. The minimum absolute atomic E-state index is 0.371. The molecule has 0 aromatic carbocycles. The van der Waals surface area contributed by atoms with Crippen LogP contribution in [0.2, 0.25) is 0 Å². The lowest BCUT2D eigenvalue weighted by atomic mass is 10.2. The quantitative estimate of drug-likeness (QED) is 0.822. The molecule has 2 aromatic rings. The standard InChI is InChI=1S/C18H22N6/c1-11(13-5-6-13)20-17-22-16(15-4-3-9-19-10-15)23-18(24-17)21-12(2)14-7-8-14/h3-4,9-11,13-14H,5-8H2,1-2H3,(H,20,22,23,24)/t11-/m1/s1. The third kappa shape index (κ3) is 3.58. The van der Waals surface area contributed by atoms with Crippen molar-refractivity contribution in [3.05, 3.63) is 24.5 Å². The Morgan fingerprint density at radius 1 is 1.21 bits per heavy atom. The van der Waals surface area contributed by atoms with E-state index in [-0.39, 0.29) is 0 Å². The normalized spacial score (nSPS) is 19.2. The third-order valence-corrected chi connectivity index (χ3v) is 4.67. The van der Waals surface area contributed by atoms with E-state index in [0.717, 1.165) is 17.2 Å². The van der Waals surface area contributed by atoms with Crippen molar-refractivity contribution < 1.29 is 0 Å². The van der Waals surface area contributed by atoms with Crippen LogP contribution in [0.1, 0.15) is 39.5 Å². The minimum atomic E-state index is 0.371. The van der Waals surface area contributed by atoms with Crippen molar-refractivity contribution >= 4 is 17.6 Å². The van der Waals surface area contributed by atoms with Crippen molar-refractivity contribution in [2.45, 2.75) is 45.6 Å². The van der Waals surface area contributed by atoms with Crippen LogP contribution >= 0.6 is 0 Å². The lowest BCUT2D eigenvalue weighted by Crippen LogP contribution is -2.19. The zero-order chi connectivity index (χ0) is 16.5. The molecular weight excluding hydrogens is 300 g/mol. The van der Waals surface area contributed by atoms with Gasteiger partial charge in [0.15, 0.2) is 5.82 Å². The highest BCUT2D eigenvalue weighted by atomic mass is 15.2. The molecule has 6 heteroatoms. The summed E-state index contributed by atoms with van der Waals surface area (Å²) in [4.78, 5) is 22.4. The number of nitrogens with zero attached hydrogens (tertiary/aromatic N) is 5. The molecule has 0 amide bonds. The van der Waals surface area contributed by atoms with Gasteiger partial charge in [0.25, 0.3) is 5.95 Å². The maximum Gasteiger partial charge on any atom is 0.254 e. The first kappa shape index (κ1) is 15.2. The van der Waals surface area contributed by atoms with E-state index in [1.54, 1.807) is 12.4 Å². The van der Waals surface area contributed by atoms with Gasteiger partial charge in [-0.1, -0.05) is 0 Å². The molecule has 0 radical (unpaired) electrons. The topological polar surface area (TPSA) is 76.0 Å². The number of hydrogen-bond donors (Lipinski definition) is 1. The average molecular weight is 322 g/mol. The first-order chi connectivity index (χ1) is 11.7. The lowest BCUT2D eigenvalue weighted by molar-refractivity contribution is 0.685. The molecule has 2 fully saturated rings. The van der Waals surface area contributed by atoms with Crippen molar-refractivity contribution in [3.8, 4) is 11.4 Å². The molecule has 124 valence electrons. The molecule has 2 heterocycles. The number of nitrogens with one attached hydrogen (secondary N) is 1. The molecule has 1 atom stereocenters. The number of rotatable bonds is 6. The van der Waals surface area contributed by atoms with Crippen LogP contribution in [0.3, 0.4) is 0 Å². The van der Waals surface area contributed by atoms with Gasteiger partial charge in [-0.05, 0) is 63.5 Å². The predicted octanol–water partition coefficient (Wildman–Crippen LogP) is 3.65. The van der Waals surface area contributed by atoms with Gasteiger partial charge in [0.2, 0.25) is 5.95 Å². The molecule has 0 aliphatic heterocycles. The van der Waals surface area contributed by atoms with Crippen molar-refractivity contribution in [2.75, 3.05) is 5.32 Å². The summed E-state index contributed by atoms with van der Waals surface area (Å²) >= 11 is 0. The Morgan fingerprint density at radius 2 is 2.04 bits per heavy atom. The van der Waals surface area contributed by atoms with E-state index in [4.69, 9.17) is 0 Å². The number of aliphatic imine (C=N–C) groups is 1. The van der Waals surface area contributed by atoms with Crippen LogP contribution in [-0.4, -0.2) is 31.7 Å². The van der Waals surface area contributed by atoms with Crippen LogP contribution < -0.4 is 5.32 Å². The second kappa shape index (κ2) is 6.26. The van der Waals surface area contributed by atoms with Gasteiger partial charge in [-0.2, -0.15) is 15.0 Å². The summed E-state index contributed by atoms with van der Waals surface area (Å²) in [6, 6.07) is 4.21. The second-order valence-electron chi connectivity index (χ2n) is 6.82. The molecule has 0 saturated heterocycles. The molecular formula is C18H22N6. The van der Waals surface area contributed by atoms with E-state index >= 15 is 0 Å². The van der Waals surface area contributed by atoms with E-state index in [9.17, 15) is 0 Å². The monoisotopic (exact) mass is 322 g/mol. The molecule has 24 heavy (non-hydrogen) atoms. The SMILES string of the molecule is CC(=Nc1nc(N[C@H](C)C2CC2)nc(-c2cccnc2)n1)C1CC1. The average Bonchev–Trinajstić information content (AvgIpc) is 3.48. The highest BCUT2D eigenvalue weighted by Gasteiger charge is 2.29. The molecule has 6 nitrogen and oxygen atoms in total. The molecule has 4 rings (SSSR count). The maximum atomic E-state index is 4.63. The Balaban J connectivity index is 1.68. The number of pyridine rings is 1. The second-order valence-corrected chi connectivity index (χ2v) is 6.82. The summed E-state index contributed by atoms with van der Waals surface area (Å²) < 4.78 is 0. The number of anilines is 1. The first-order valence-electron chi connectivity index (χ1n) is 8.67. The van der Waals surface area contributed by atoms with Gasteiger partial charge >= 0.3 is 0 Å². The van der Waals surface area contributed by atoms with Crippen LogP contribution in [0, 0.1) is 11.8 Å². The van der Waals surface area contributed by atoms with Gasteiger partial charge in [0, 0.05) is 29.7 Å². The summed E-state index contributed by atoms with van der Waals surface area (Å²) in [6.07, 6.45) is 8.51. The van der Waals surface area contributed by atoms with Crippen molar-refractivity contribution in [2.24, 2.45) is 16.8 Å².